The quantitative estimate of drug-likeness (QED) is 0.831. The zero-order valence-electron chi connectivity index (χ0n) is 14.4. The predicted molar refractivity (Wildman–Crippen MR) is 92.9 cm³/mol. The van der Waals surface area contributed by atoms with E-state index in [1.807, 2.05) is 37.8 Å². The molecule has 0 saturated carbocycles. The standard InChI is InChI=1S/C20H23FN2O/c1-13(2)20(24)23-10-4-5-19(23)18-12-16(11-14(3)22-18)15-6-8-17(21)9-7-15/h6-9,11-13,19H,4-5,10H2,1-3H3. The first-order chi connectivity index (χ1) is 11.5. The van der Waals surface area contributed by atoms with Crippen molar-refractivity contribution in [3.8, 4) is 11.1 Å². The van der Waals surface area contributed by atoms with Crippen molar-refractivity contribution in [2.45, 2.75) is 39.7 Å². The zero-order chi connectivity index (χ0) is 17.3. The van der Waals surface area contributed by atoms with Crippen LogP contribution in [-0.2, 0) is 4.79 Å². The minimum Gasteiger partial charge on any atom is -0.334 e. The molecule has 0 bridgehead atoms. The second-order valence-electron chi connectivity index (χ2n) is 6.77. The third-order valence-corrected chi connectivity index (χ3v) is 4.52. The van der Waals surface area contributed by atoms with Crippen LogP contribution in [0, 0.1) is 18.7 Å². The first-order valence-electron chi connectivity index (χ1n) is 8.50. The predicted octanol–water partition coefficient (Wildman–Crippen LogP) is 4.52. The molecule has 1 aliphatic rings. The molecule has 0 spiro atoms. The first kappa shape index (κ1) is 16.6. The summed E-state index contributed by atoms with van der Waals surface area (Å²) in [7, 11) is 0. The van der Waals surface area contributed by atoms with Crippen molar-refractivity contribution in [2.75, 3.05) is 6.54 Å². The monoisotopic (exact) mass is 326 g/mol. The second-order valence-corrected chi connectivity index (χ2v) is 6.77. The highest BCUT2D eigenvalue weighted by Crippen LogP contribution is 2.34. The van der Waals surface area contributed by atoms with Gasteiger partial charge < -0.3 is 4.90 Å². The van der Waals surface area contributed by atoms with E-state index in [1.54, 1.807) is 12.1 Å². The van der Waals surface area contributed by atoms with E-state index in [0.29, 0.717) is 0 Å². The molecule has 3 rings (SSSR count). The largest absolute Gasteiger partial charge is 0.334 e. The number of nitrogens with zero attached hydrogens (tertiary/aromatic N) is 2. The van der Waals surface area contributed by atoms with Crippen LogP contribution >= 0.6 is 0 Å². The maximum atomic E-state index is 13.2. The topological polar surface area (TPSA) is 33.2 Å². The Morgan fingerprint density at radius 2 is 1.92 bits per heavy atom. The average Bonchev–Trinajstić information content (AvgIpc) is 3.03. The Morgan fingerprint density at radius 1 is 1.21 bits per heavy atom. The summed E-state index contributed by atoms with van der Waals surface area (Å²) in [6, 6.07) is 10.6. The van der Waals surface area contributed by atoms with Crippen LogP contribution in [0.3, 0.4) is 0 Å². The number of pyridine rings is 1. The van der Waals surface area contributed by atoms with Crippen molar-refractivity contribution >= 4 is 5.91 Å². The molecular weight excluding hydrogens is 303 g/mol. The maximum absolute atomic E-state index is 13.2. The van der Waals surface area contributed by atoms with Crippen LogP contribution in [0.25, 0.3) is 11.1 Å². The van der Waals surface area contributed by atoms with Crippen LogP contribution in [0.4, 0.5) is 4.39 Å². The van der Waals surface area contributed by atoms with Gasteiger partial charge in [-0.15, -0.1) is 0 Å². The van der Waals surface area contributed by atoms with Gasteiger partial charge in [-0.05, 0) is 55.2 Å². The Balaban J connectivity index is 1.96. The zero-order valence-corrected chi connectivity index (χ0v) is 14.4. The number of benzene rings is 1. The molecule has 1 saturated heterocycles. The molecule has 0 aliphatic carbocycles. The third-order valence-electron chi connectivity index (χ3n) is 4.52. The number of carbonyl (C=O) groups is 1. The lowest BCUT2D eigenvalue weighted by Crippen LogP contribution is -2.34. The molecule has 3 nitrogen and oxygen atoms in total. The van der Waals surface area contributed by atoms with E-state index in [0.717, 1.165) is 41.9 Å². The Kier molecular flexibility index (Phi) is 4.65. The summed E-state index contributed by atoms with van der Waals surface area (Å²) in [5.74, 6) is -0.0645. The van der Waals surface area contributed by atoms with Crippen LogP contribution in [0.15, 0.2) is 36.4 Å². The molecule has 1 aromatic heterocycles. The Morgan fingerprint density at radius 3 is 2.58 bits per heavy atom. The van der Waals surface area contributed by atoms with Crippen LogP contribution in [0.1, 0.15) is 44.1 Å². The van der Waals surface area contributed by atoms with Crippen molar-refractivity contribution in [1.29, 1.82) is 0 Å². The summed E-state index contributed by atoms with van der Waals surface area (Å²) >= 11 is 0. The lowest BCUT2D eigenvalue weighted by Gasteiger charge is -2.26. The highest BCUT2D eigenvalue weighted by Gasteiger charge is 2.32. The number of likely N-dealkylation sites (tertiary alicyclic amines) is 1. The summed E-state index contributed by atoms with van der Waals surface area (Å²) in [5, 5.41) is 0. The second kappa shape index (κ2) is 6.71. The van der Waals surface area contributed by atoms with E-state index in [-0.39, 0.29) is 23.7 Å². The molecule has 1 atom stereocenters. The number of hydrogen-bond donors (Lipinski definition) is 0. The molecule has 0 N–H and O–H groups in total. The minimum atomic E-state index is -0.241. The van der Waals surface area contributed by atoms with E-state index in [9.17, 15) is 9.18 Å². The van der Waals surface area contributed by atoms with E-state index in [1.165, 1.54) is 12.1 Å². The van der Waals surface area contributed by atoms with Gasteiger partial charge in [-0.1, -0.05) is 26.0 Å². The number of aryl methyl sites for hydroxylation is 1. The van der Waals surface area contributed by atoms with Gasteiger partial charge in [0.15, 0.2) is 0 Å². The molecule has 1 unspecified atom stereocenters. The number of halogens is 1. The van der Waals surface area contributed by atoms with E-state index < -0.39 is 0 Å². The first-order valence-corrected chi connectivity index (χ1v) is 8.50. The van der Waals surface area contributed by atoms with Gasteiger partial charge in [0, 0.05) is 18.2 Å². The van der Waals surface area contributed by atoms with Crippen molar-refractivity contribution in [3.63, 3.8) is 0 Å². The van der Waals surface area contributed by atoms with Crippen LogP contribution in [0.5, 0.6) is 0 Å². The molecule has 2 heterocycles. The summed E-state index contributed by atoms with van der Waals surface area (Å²) in [6.45, 7) is 6.62. The molecule has 2 aromatic rings. The third kappa shape index (κ3) is 3.32. The van der Waals surface area contributed by atoms with Crippen LogP contribution < -0.4 is 0 Å². The van der Waals surface area contributed by atoms with Gasteiger partial charge in [0.05, 0.1) is 11.7 Å². The fourth-order valence-electron chi connectivity index (χ4n) is 3.34. The highest BCUT2D eigenvalue weighted by atomic mass is 19.1. The Bertz CT molecular complexity index is 740. The van der Waals surface area contributed by atoms with Gasteiger partial charge in [-0.3, -0.25) is 9.78 Å². The molecule has 4 heteroatoms. The van der Waals surface area contributed by atoms with Gasteiger partial charge >= 0.3 is 0 Å². The molecule has 1 amide bonds. The maximum Gasteiger partial charge on any atom is 0.225 e. The van der Waals surface area contributed by atoms with Crippen molar-refractivity contribution in [2.24, 2.45) is 5.92 Å². The Hall–Kier alpha value is -2.23. The normalized spacial score (nSPS) is 17.5. The Labute approximate surface area is 142 Å². The summed E-state index contributed by atoms with van der Waals surface area (Å²) < 4.78 is 13.2. The van der Waals surface area contributed by atoms with Crippen molar-refractivity contribution in [1.82, 2.24) is 9.88 Å². The minimum absolute atomic E-state index is 0.00743. The summed E-state index contributed by atoms with van der Waals surface area (Å²) in [5.41, 5.74) is 3.82. The fraction of sp³-hybridized carbons (Fsp3) is 0.400. The van der Waals surface area contributed by atoms with Crippen molar-refractivity contribution < 1.29 is 9.18 Å². The lowest BCUT2D eigenvalue weighted by molar-refractivity contribution is -0.135. The molecular formula is C20H23FN2O. The lowest BCUT2D eigenvalue weighted by atomic mass is 10.0. The van der Waals surface area contributed by atoms with E-state index in [4.69, 9.17) is 0 Å². The molecule has 1 aromatic carbocycles. The number of amides is 1. The molecule has 1 fully saturated rings. The number of hydrogen-bond acceptors (Lipinski definition) is 2. The van der Waals surface area contributed by atoms with Gasteiger partial charge in [0.1, 0.15) is 5.82 Å². The van der Waals surface area contributed by atoms with Crippen molar-refractivity contribution in [3.05, 3.63) is 53.6 Å². The summed E-state index contributed by atoms with van der Waals surface area (Å²) in [4.78, 5) is 19.1. The highest BCUT2D eigenvalue weighted by molar-refractivity contribution is 5.79. The summed E-state index contributed by atoms with van der Waals surface area (Å²) in [6.07, 6.45) is 1.95. The van der Waals surface area contributed by atoms with E-state index in [2.05, 4.69) is 4.98 Å². The molecule has 126 valence electrons. The number of carbonyl (C=O) groups excluding carboxylic acids is 1. The van der Waals surface area contributed by atoms with E-state index >= 15 is 0 Å². The number of rotatable bonds is 3. The smallest absolute Gasteiger partial charge is 0.225 e. The SMILES string of the molecule is Cc1cc(-c2ccc(F)cc2)cc(C2CCCN2C(=O)C(C)C)n1. The number of aromatic nitrogens is 1. The van der Waals surface area contributed by atoms with Gasteiger partial charge in [0.25, 0.3) is 0 Å². The molecule has 24 heavy (non-hydrogen) atoms. The van der Waals surface area contributed by atoms with Crippen LogP contribution in [-0.4, -0.2) is 22.3 Å². The molecule has 0 radical (unpaired) electrons. The average molecular weight is 326 g/mol. The fourth-order valence-corrected chi connectivity index (χ4v) is 3.34. The van der Waals surface area contributed by atoms with Gasteiger partial charge in [-0.25, -0.2) is 4.39 Å². The van der Waals surface area contributed by atoms with Gasteiger partial charge in [-0.2, -0.15) is 0 Å². The van der Waals surface area contributed by atoms with Gasteiger partial charge in [0.2, 0.25) is 5.91 Å². The molecule has 1 aliphatic heterocycles. The van der Waals surface area contributed by atoms with Crippen LogP contribution in [0.2, 0.25) is 0 Å².